The summed E-state index contributed by atoms with van der Waals surface area (Å²) in [7, 11) is 0. The summed E-state index contributed by atoms with van der Waals surface area (Å²) in [4.78, 5) is 63.3. The molecule has 5 atom stereocenters. The number of benzene rings is 1. The van der Waals surface area contributed by atoms with Crippen molar-refractivity contribution in [3.8, 4) is 5.75 Å². The van der Waals surface area contributed by atoms with Crippen LogP contribution in [-0.4, -0.2) is 81.2 Å². The number of aliphatic hydroxyl groups excluding tert-OH is 1. The number of carboxylic acid groups (broad SMARTS) is 1. The molecule has 0 unspecified atom stereocenters. The lowest BCUT2D eigenvalue weighted by atomic mass is 9.95. The zero-order chi connectivity index (χ0) is 31.5. The normalized spacial score (nSPS) is 15.1. The van der Waals surface area contributed by atoms with Crippen LogP contribution in [0.25, 0.3) is 0 Å². The van der Waals surface area contributed by atoms with Crippen LogP contribution in [0.2, 0.25) is 0 Å². The molecule has 1 aromatic carbocycles. The number of phenols is 1. The van der Waals surface area contributed by atoms with Crippen LogP contribution in [0.4, 0.5) is 0 Å². The van der Waals surface area contributed by atoms with Crippen LogP contribution in [0.5, 0.6) is 5.75 Å². The van der Waals surface area contributed by atoms with Gasteiger partial charge in [-0.15, -0.1) is 0 Å². The highest BCUT2D eigenvalue weighted by atomic mass is 16.4. The molecular weight excluding hydrogens is 534 g/mol. The maximum Gasteiger partial charge on any atom is 0.326 e. The lowest BCUT2D eigenvalue weighted by Crippen LogP contribution is -2.63. The first-order valence-corrected chi connectivity index (χ1v) is 13.6. The average molecular weight is 580 g/mol. The number of aromatic hydroxyl groups is 1. The number of hydrogen-bond acceptors (Lipinski definition) is 8. The standard InChI is InChI=1S/C28H45N5O8/c1-7-16(4)22(25(38)33-28(5,6)27(41)31-20(26(39)40)12-15(2)3)32-24(37)21(14-34)30-23(36)19(29)13-17-8-10-18(35)11-9-17/h8-11,15-16,19-22,34-35H,7,12-14,29H2,1-6H3,(H,30,36)(H,31,41)(H,32,37)(H,33,38)(H,39,40)/t16-,19-,20-,21-,22-/m0/s1. The van der Waals surface area contributed by atoms with Crippen LogP contribution in [0.3, 0.4) is 0 Å². The van der Waals surface area contributed by atoms with Gasteiger partial charge in [-0.05, 0) is 56.2 Å². The van der Waals surface area contributed by atoms with E-state index < -0.39 is 71.8 Å². The van der Waals surface area contributed by atoms with Gasteiger partial charge in [-0.2, -0.15) is 0 Å². The van der Waals surface area contributed by atoms with Crippen molar-refractivity contribution in [3.63, 3.8) is 0 Å². The number of amides is 4. The van der Waals surface area contributed by atoms with Gasteiger partial charge in [0.25, 0.3) is 0 Å². The summed E-state index contributed by atoms with van der Waals surface area (Å²) in [6, 6.07) is 1.36. The Hall–Kier alpha value is -3.71. The predicted molar refractivity (Wildman–Crippen MR) is 151 cm³/mol. The fraction of sp³-hybridized carbons (Fsp3) is 0.607. The lowest BCUT2D eigenvalue weighted by Gasteiger charge is -2.32. The van der Waals surface area contributed by atoms with E-state index >= 15 is 0 Å². The highest BCUT2D eigenvalue weighted by Crippen LogP contribution is 2.14. The summed E-state index contributed by atoms with van der Waals surface area (Å²) in [6.45, 7) is 9.21. The maximum absolute atomic E-state index is 13.3. The molecule has 0 radical (unpaired) electrons. The van der Waals surface area contributed by atoms with Gasteiger partial charge in [-0.3, -0.25) is 19.2 Å². The third-order valence-corrected chi connectivity index (χ3v) is 6.65. The van der Waals surface area contributed by atoms with Gasteiger partial charge in [0, 0.05) is 0 Å². The highest BCUT2D eigenvalue weighted by molar-refractivity contribution is 5.97. The van der Waals surface area contributed by atoms with E-state index in [1.807, 2.05) is 13.8 Å². The second-order valence-corrected chi connectivity index (χ2v) is 11.2. The minimum Gasteiger partial charge on any atom is -0.508 e. The van der Waals surface area contributed by atoms with Crippen molar-refractivity contribution in [1.29, 1.82) is 0 Å². The molecule has 0 aliphatic heterocycles. The Balaban J connectivity index is 2.93. The molecule has 1 aromatic rings. The van der Waals surface area contributed by atoms with Crippen LogP contribution in [-0.2, 0) is 30.4 Å². The van der Waals surface area contributed by atoms with Gasteiger partial charge in [0.1, 0.15) is 29.4 Å². The quantitative estimate of drug-likeness (QED) is 0.130. The van der Waals surface area contributed by atoms with Crippen LogP contribution in [0.1, 0.15) is 59.9 Å². The summed E-state index contributed by atoms with van der Waals surface area (Å²) >= 11 is 0. The smallest absolute Gasteiger partial charge is 0.326 e. The SMILES string of the molecule is CC[C@H](C)[C@H](NC(=O)[C@H](CO)NC(=O)[C@@H](N)Cc1ccc(O)cc1)C(=O)NC(C)(C)C(=O)N[C@@H](CC(C)C)C(=O)O. The van der Waals surface area contributed by atoms with Crippen LogP contribution < -0.4 is 27.0 Å². The van der Waals surface area contributed by atoms with Gasteiger partial charge in [-0.25, -0.2) is 4.79 Å². The summed E-state index contributed by atoms with van der Waals surface area (Å²) in [5.41, 5.74) is 5.11. The van der Waals surface area contributed by atoms with Crippen molar-refractivity contribution >= 4 is 29.6 Å². The molecule has 41 heavy (non-hydrogen) atoms. The molecule has 0 saturated heterocycles. The van der Waals surface area contributed by atoms with Crippen LogP contribution in [0.15, 0.2) is 24.3 Å². The molecule has 0 fully saturated rings. The zero-order valence-electron chi connectivity index (χ0n) is 24.6. The van der Waals surface area contributed by atoms with Gasteiger partial charge in [0.2, 0.25) is 23.6 Å². The number of rotatable bonds is 16. The van der Waals surface area contributed by atoms with Crippen molar-refractivity contribution in [3.05, 3.63) is 29.8 Å². The first kappa shape index (κ1) is 35.3. The number of carbonyl (C=O) groups is 5. The molecule has 4 amide bonds. The Morgan fingerprint density at radius 2 is 1.49 bits per heavy atom. The number of aliphatic hydroxyl groups is 1. The highest BCUT2D eigenvalue weighted by Gasteiger charge is 2.37. The second-order valence-electron chi connectivity index (χ2n) is 11.2. The molecular formula is C28H45N5O8. The Morgan fingerprint density at radius 3 is 1.98 bits per heavy atom. The Bertz CT molecular complexity index is 1060. The van der Waals surface area contributed by atoms with Gasteiger partial charge >= 0.3 is 5.97 Å². The zero-order valence-corrected chi connectivity index (χ0v) is 24.6. The van der Waals surface area contributed by atoms with Crippen molar-refractivity contribution in [2.24, 2.45) is 17.6 Å². The topological polar surface area (TPSA) is 220 Å². The number of nitrogens with two attached hydrogens (primary N) is 1. The van der Waals surface area contributed by atoms with E-state index in [2.05, 4.69) is 21.3 Å². The molecule has 0 spiro atoms. The fourth-order valence-corrected chi connectivity index (χ4v) is 3.88. The van der Waals surface area contributed by atoms with E-state index in [1.165, 1.54) is 26.0 Å². The number of carboxylic acids is 1. The van der Waals surface area contributed by atoms with Crippen molar-refractivity contribution in [2.45, 2.75) is 90.5 Å². The molecule has 0 aliphatic carbocycles. The molecule has 9 N–H and O–H groups in total. The molecule has 230 valence electrons. The molecule has 13 nitrogen and oxygen atoms in total. The van der Waals surface area contributed by atoms with Crippen molar-refractivity contribution in [1.82, 2.24) is 21.3 Å². The molecule has 0 aliphatic rings. The first-order valence-electron chi connectivity index (χ1n) is 13.6. The maximum atomic E-state index is 13.3. The largest absolute Gasteiger partial charge is 0.508 e. The van der Waals surface area contributed by atoms with Gasteiger partial charge < -0.3 is 42.3 Å². The van der Waals surface area contributed by atoms with Gasteiger partial charge in [0.05, 0.1) is 12.6 Å². The monoisotopic (exact) mass is 579 g/mol. The molecule has 0 bridgehead atoms. The summed E-state index contributed by atoms with van der Waals surface area (Å²) in [5.74, 6) is -4.49. The second kappa shape index (κ2) is 15.9. The Labute approximate surface area is 240 Å². The minimum atomic E-state index is -1.52. The van der Waals surface area contributed by atoms with Crippen LogP contribution >= 0.6 is 0 Å². The van der Waals surface area contributed by atoms with Crippen molar-refractivity contribution < 1.29 is 39.3 Å². The van der Waals surface area contributed by atoms with E-state index in [4.69, 9.17) is 5.73 Å². The molecule has 13 heteroatoms. The number of aliphatic carboxylic acids is 1. The van der Waals surface area contributed by atoms with Gasteiger partial charge in [0.15, 0.2) is 0 Å². The summed E-state index contributed by atoms with van der Waals surface area (Å²) in [6.07, 6.45) is 0.776. The third-order valence-electron chi connectivity index (χ3n) is 6.65. The van der Waals surface area contributed by atoms with E-state index in [9.17, 15) is 39.3 Å². The van der Waals surface area contributed by atoms with E-state index in [1.54, 1.807) is 26.0 Å². The number of nitrogens with one attached hydrogen (secondary N) is 4. The molecule has 0 saturated carbocycles. The Kier molecular flexibility index (Phi) is 13.7. The van der Waals surface area contributed by atoms with Crippen LogP contribution in [0, 0.1) is 11.8 Å². The lowest BCUT2D eigenvalue weighted by molar-refractivity contribution is -0.143. The van der Waals surface area contributed by atoms with E-state index in [-0.39, 0.29) is 24.5 Å². The molecule has 0 aromatic heterocycles. The van der Waals surface area contributed by atoms with Gasteiger partial charge in [-0.1, -0.05) is 46.2 Å². The molecule has 0 heterocycles. The van der Waals surface area contributed by atoms with E-state index in [0.717, 1.165) is 0 Å². The number of phenolic OH excluding ortho intramolecular Hbond substituents is 1. The summed E-state index contributed by atoms with van der Waals surface area (Å²) in [5, 5.41) is 38.6. The first-order chi connectivity index (χ1) is 19.0. The average Bonchev–Trinajstić information content (AvgIpc) is 2.89. The summed E-state index contributed by atoms with van der Waals surface area (Å²) < 4.78 is 0. The number of hydrogen-bond donors (Lipinski definition) is 8. The third kappa shape index (κ3) is 11.4. The van der Waals surface area contributed by atoms with Crippen molar-refractivity contribution in [2.75, 3.05) is 6.61 Å². The van der Waals surface area contributed by atoms with E-state index in [0.29, 0.717) is 12.0 Å². The predicted octanol–water partition coefficient (Wildman–Crippen LogP) is -0.220. The minimum absolute atomic E-state index is 0.00132. The fourth-order valence-electron chi connectivity index (χ4n) is 3.88. The Morgan fingerprint density at radius 1 is 0.902 bits per heavy atom. The number of carbonyl (C=O) groups excluding carboxylic acids is 4. The molecule has 1 rings (SSSR count).